The monoisotopic (exact) mass is 223 g/mol. The van der Waals surface area contributed by atoms with Crippen LogP contribution in [0.25, 0.3) is 0 Å². The van der Waals surface area contributed by atoms with Gasteiger partial charge in [-0.05, 0) is 6.42 Å². The van der Waals surface area contributed by atoms with Gasteiger partial charge in [0.25, 0.3) is 0 Å². The summed E-state index contributed by atoms with van der Waals surface area (Å²) in [6.07, 6.45) is -4.33. The Labute approximate surface area is 83.0 Å². The number of halogens is 3. The van der Waals surface area contributed by atoms with E-state index in [2.05, 4.69) is 0 Å². The summed E-state index contributed by atoms with van der Waals surface area (Å²) in [5.41, 5.74) is -1.11. The zero-order valence-electron chi connectivity index (χ0n) is 7.71. The van der Waals surface area contributed by atoms with Gasteiger partial charge < -0.3 is 10.0 Å². The van der Waals surface area contributed by atoms with Gasteiger partial charge in [0.05, 0.1) is 0 Å². The van der Waals surface area contributed by atoms with Crippen molar-refractivity contribution in [3.8, 4) is 0 Å². The Hall–Kier alpha value is -1.53. The van der Waals surface area contributed by atoms with E-state index in [1.54, 1.807) is 0 Å². The molecule has 0 aromatic heterocycles. The molecule has 1 atom stereocenters. The smallest absolute Gasteiger partial charge is 0.431 e. The van der Waals surface area contributed by atoms with E-state index in [-0.39, 0.29) is 0 Å². The molecule has 4 nitrogen and oxygen atoms in total. The topological polar surface area (TPSA) is 57.6 Å². The normalized spacial score (nSPS) is 22.7. The summed E-state index contributed by atoms with van der Waals surface area (Å²) in [5, 5.41) is 8.56. The van der Waals surface area contributed by atoms with Crippen LogP contribution in [-0.2, 0) is 9.59 Å². The fraction of sp³-hybridized carbons (Fsp3) is 0.500. The number of amides is 1. The lowest BCUT2D eigenvalue weighted by atomic mass is 9.99. The Morgan fingerprint density at radius 3 is 2.53 bits per heavy atom. The third kappa shape index (κ3) is 2.11. The number of alkyl halides is 3. The highest BCUT2D eigenvalue weighted by Gasteiger charge is 2.44. The van der Waals surface area contributed by atoms with E-state index in [4.69, 9.17) is 5.11 Å². The van der Waals surface area contributed by atoms with E-state index in [9.17, 15) is 22.8 Å². The Morgan fingerprint density at radius 1 is 1.60 bits per heavy atom. The number of carboxylic acid groups (broad SMARTS) is 1. The van der Waals surface area contributed by atoms with Crippen LogP contribution in [0.2, 0.25) is 0 Å². The summed E-state index contributed by atoms with van der Waals surface area (Å²) in [4.78, 5) is 22.1. The summed E-state index contributed by atoms with van der Waals surface area (Å²) in [6.45, 7) is 0. The van der Waals surface area contributed by atoms with Crippen molar-refractivity contribution < 1.29 is 27.9 Å². The summed E-state index contributed by atoms with van der Waals surface area (Å²) in [7, 11) is 0.913. The zero-order chi connectivity index (χ0) is 11.8. The Balaban J connectivity index is 3.00. The minimum atomic E-state index is -4.63. The van der Waals surface area contributed by atoms with E-state index < -0.39 is 36.1 Å². The molecule has 0 aliphatic carbocycles. The summed E-state index contributed by atoms with van der Waals surface area (Å²) in [5.74, 6) is -3.87. The molecular formula is C8H8F3NO3. The van der Waals surface area contributed by atoms with Crippen LogP contribution in [0.15, 0.2) is 11.8 Å². The Kier molecular flexibility index (Phi) is 2.74. The van der Waals surface area contributed by atoms with E-state index in [0.29, 0.717) is 4.90 Å². The molecule has 1 amide bonds. The highest BCUT2D eigenvalue weighted by atomic mass is 19.4. The maximum atomic E-state index is 12.3. The molecule has 0 saturated heterocycles. The number of nitrogens with zero attached hydrogens (tertiary/aromatic N) is 1. The number of carboxylic acids is 1. The quantitative estimate of drug-likeness (QED) is 0.674. The molecule has 0 fully saturated rings. The molecule has 1 heterocycles. The molecular weight excluding hydrogens is 215 g/mol. The Bertz CT molecular complexity index is 335. The molecule has 7 heteroatoms. The van der Waals surface area contributed by atoms with Gasteiger partial charge in [-0.25, -0.2) is 0 Å². The number of carbonyl (C=O) groups excluding carboxylic acids is 1. The minimum absolute atomic E-state index is 0.336. The fourth-order valence-electron chi connectivity index (χ4n) is 1.33. The van der Waals surface area contributed by atoms with Crippen molar-refractivity contribution >= 4 is 11.9 Å². The van der Waals surface area contributed by atoms with Gasteiger partial charge in [-0.3, -0.25) is 9.59 Å². The van der Waals surface area contributed by atoms with Crippen molar-refractivity contribution in [1.29, 1.82) is 0 Å². The molecule has 1 rings (SSSR count). The third-order valence-electron chi connectivity index (χ3n) is 2.13. The van der Waals surface area contributed by atoms with Gasteiger partial charge >= 0.3 is 12.1 Å². The van der Waals surface area contributed by atoms with Crippen molar-refractivity contribution in [2.45, 2.75) is 12.6 Å². The minimum Gasteiger partial charge on any atom is -0.481 e. The number of hydrogen-bond acceptors (Lipinski definition) is 2. The second kappa shape index (κ2) is 3.56. The molecule has 1 aliphatic rings. The van der Waals surface area contributed by atoms with Crippen LogP contribution >= 0.6 is 0 Å². The van der Waals surface area contributed by atoms with Crippen molar-refractivity contribution in [3.05, 3.63) is 11.8 Å². The van der Waals surface area contributed by atoms with Crippen LogP contribution in [-0.4, -0.2) is 35.1 Å². The van der Waals surface area contributed by atoms with Crippen LogP contribution < -0.4 is 0 Å². The first kappa shape index (κ1) is 11.5. The number of allylic oxidation sites excluding steroid dienone is 2. The molecule has 0 radical (unpaired) electrons. The highest BCUT2D eigenvalue weighted by Crippen LogP contribution is 2.32. The first-order valence-corrected chi connectivity index (χ1v) is 4.03. The van der Waals surface area contributed by atoms with Gasteiger partial charge in [-0.2, -0.15) is 13.2 Å². The van der Waals surface area contributed by atoms with Gasteiger partial charge in [0.1, 0.15) is 11.6 Å². The maximum Gasteiger partial charge on any atom is 0.431 e. The van der Waals surface area contributed by atoms with Crippen LogP contribution in [0.1, 0.15) is 6.42 Å². The van der Waals surface area contributed by atoms with Crippen LogP contribution in [0.3, 0.4) is 0 Å². The van der Waals surface area contributed by atoms with Crippen molar-refractivity contribution in [1.82, 2.24) is 4.90 Å². The molecule has 0 aromatic rings. The predicted octanol–water partition coefficient (Wildman–Crippen LogP) is 0.995. The van der Waals surface area contributed by atoms with Gasteiger partial charge in [-0.15, -0.1) is 0 Å². The molecule has 0 bridgehead atoms. The number of aliphatic carboxylic acids is 1. The number of hydrogen-bond donors (Lipinski definition) is 1. The van der Waals surface area contributed by atoms with Crippen LogP contribution in [0.4, 0.5) is 13.2 Å². The van der Waals surface area contributed by atoms with Gasteiger partial charge in [0.2, 0.25) is 5.91 Å². The largest absolute Gasteiger partial charge is 0.481 e. The summed E-state index contributed by atoms with van der Waals surface area (Å²) < 4.78 is 36.9. The van der Waals surface area contributed by atoms with Crippen molar-refractivity contribution in [2.75, 3.05) is 7.05 Å². The van der Waals surface area contributed by atoms with Crippen LogP contribution in [0, 0.1) is 5.92 Å². The van der Waals surface area contributed by atoms with Crippen molar-refractivity contribution in [2.24, 2.45) is 5.92 Å². The predicted molar refractivity (Wildman–Crippen MR) is 42.7 cm³/mol. The van der Waals surface area contributed by atoms with Gasteiger partial charge in [0.15, 0.2) is 0 Å². The van der Waals surface area contributed by atoms with Crippen molar-refractivity contribution in [3.63, 3.8) is 0 Å². The van der Waals surface area contributed by atoms with E-state index in [1.807, 2.05) is 0 Å². The standard InChI is InChI=1S/C8H8F3NO3/c1-12-5(8(9,10)11)3-2-4(6(12)13)7(14)15/h3-4H,2H2,1H3,(H,14,15). The number of rotatable bonds is 1. The lowest BCUT2D eigenvalue weighted by Crippen LogP contribution is -2.43. The molecule has 15 heavy (non-hydrogen) atoms. The van der Waals surface area contributed by atoms with Crippen LogP contribution in [0.5, 0.6) is 0 Å². The highest BCUT2D eigenvalue weighted by molar-refractivity contribution is 5.98. The van der Waals surface area contributed by atoms with E-state index >= 15 is 0 Å². The maximum absolute atomic E-state index is 12.3. The third-order valence-corrected chi connectivity index (χ3v) is 2.13. The summed E-state index contributed by atoms with van der Waals surface area (Å²) >= 11 is 0. The SMILES string of the molecule is CN1C(=O)C(C(=O)O)CC=C1C(F)(F)F. The zero-order valence-corrected chi connectivity index (χ0v) is 7.71. The fourth-order valence-corrected chi connectivity index (χ4v) is 1.33. The van der Waals surface area contributed by atoms with Gasteiger partial charge in [0, 0.05) is 7.05 Å². The first-order valence-electron chi connectivity index (χ1n) is 4.03. The molecule has 1 aliphatic heterocycles. The molecule has 1 N–H and O–H groups in total. The number of carbonyl (C=O) groups is 2. The van der Waals surface area contributed by atoms with E-state index in [1.165, 1.54) is 0 Å². The molecule has 84 valence electrons. The molecule has 1 unspecified atom stereocenters. The lowest BCUT2D eigenvalue weighted by Gasteiger charge is -2.29. The first-order chi connectivity index (χ1) is 6.75. The molecule has 0 spiro atoms. The average molecular weight is 223 g/mol. The lowest BCUT2D eigenvalue weighted by molar-refractivity contribution is -0.156. The second-order valence-electron chi connectivity index (χ2n) is 3.11. The molecule has 0 saturated carbocycles. The average Bonchev–Trinajstić information content (AvgIpc) is 2.06. The second-order valence-corrected chi connectivity index (χ2v) is 3.11. The van der Waals surface area contributed by atoms with E-state index in [0.717, 1.165) is 13.1 Å². The van der Waals surface area contributed by atoms with Gasteiger partial charge in [-0.1, -0.05) is 6.08 Å². The Morgan fingerprint density at radius 2 is 2.13 bits per heavy atom. The summed E-state index contributed by atoms with van der Waals surface area (Å²) in [6, 6.07) is 0. The molecule has 0 aromatic carbocycles.